The van der Waals surface area contributed by atoms with E-state index in [4.69, 9.17) is 4.98 Å². The Morgan fingerprint density at radius 2 is 1.47 bits per heavy atom. The second-order valence-corrected chi connectivity index (χ2v) is 8.88. The summed E-state index contributed by atoms with van der Waals surface area (Å²) in [7, 11) is 0. The van der Waals surface area contributed by atoms with E-state index in [0.717, 1.165) is 41.1 Å². The van der Waals surface area contributed by atoms with Crippen molar-refractivity contribution in [2.24, 2.45) is 0 Å². The molecule has 1 fully saturated rings. The first-order valence-electron chi connectivity index (χ1n) is 11.8. The maximum absolute atomic E-state index is 13.6. The van der Waals surface area contributed by atoms with Gasteiger partial charge in [0.1, 0.15) is 5.82 Å². The predicted molar refractivity (Wildman–Crippen MR) is 141 cm³/mol. The van der Waals surface area contributed by atoms with E-state index in [-0.39, 0.29) is 5.91 Å². The zero-order chi connectivity index (χ0) is 23.5. The molecule has 4 nitrogen and oxygen atoms in total. The van der Waals surface area contributed by atoms with E-state index < -0.39 is 0 Å². The van der Waals surface area contributed by atoms with E-state index in [0.29, 0.717) is 13.1 Å². The summed E-state index contributed by atoms with van der Waals surface area (Å²) >= 11 is 0. The normalized spacial score (nSPS) is 14.5. The molecule has 4 aromatic rings. The van der Waals surface area contributed by atoms with Gasteiger partial charge in [0.15, 0.2) is 0 Å². The molecule has 5 rings (SSSR count). The number of anilines is 1. The lowest BCUT2D eigenvalue weighted by atomic mass is 10.0. The van der Waals surface area contributed by atoms with E-state index >= 15 is 0 Å². The van der Waals surface area contributed by atoms with Gasteiger partial charge in [0.05, 0.1) is 5.52 Å². The molecule has 0 N–H and O–H groups in total. The molecule has 0 radical (unpaired) electrons. The van der Waals surface area contributed by atoms with Crippen LogP contribution >= 0.6 is 0 Å². The first kappa shape index (κ1) is 21.9. The number of benzene rings is 3. The Bertz CT molecular complexity index is 1340. The van der Waals surface area contributed by atoms with Crippen LogP contribution in [0.2, 0.25) is 0 Å². The van der Waals surface area contributed by atoms with Gasteiger partial charge in [-0.3, -0.25) is 4.79 Å². The number of aromatic nitrogens is 1. The third-order valence-corrected chi connectivity index (χ3v) is 6.55. The molecule has 1 saturated heterocycles. The van der Waals surface area contributed by atoms with Crippen LogP contribution in [-0.4, -0.2) is 42.0 Å². The lowest BCUT2D eigenvalue weighted by molar-refractivity contribution is -0.125. The highest BCUT2D eigenvalue weighted by Crippen LogP contribution is 2.26. The highest BCUT2D eigenvalue weighted by atomic mass is 16.2. The molecule has 4 heteroatoms. The summed E-state index contributed by atoms with van der Waals surface area (Å²) in [5, 5.41) is 1.20. The van der Waals surface area contributed by atoms with Crippen LogP contribution in [0.3, 0.4) is 0 Å². The Morgan fingerprint density at radius 1 is 0.794 bits per heavy atom. The Kier molecular flexibility index (Phi) is 6.13. The minimum atomic E-state index is 0.0770. The number of nitrogens with zero attached hydrogens (tertiary/aromatic N) is 3. The maximum atomic E-state index is 13.6. The number of hydrogen-bond acceptors (Lipinski definition) is 3. The van der Waals surface area contributed by atoms with Crippen molar-refractivity contribution in [3.8, 4) is 0 Å². The number of carbonyl (C=O) groups excluding carboxylic acids is 1. The number of pyridine rings is 1. The number of aryl methyl sites for hydroxylation is 2. The molecular weight excluding hydrogens is 418 g/mol. The number of hydrogen-bond donors (Lipinski definition) is 0. The fourth-order valence-electron chi connectivity index (χ4n) is 4.62. The van der Waals surface area contributed by atoms with Crippen LogP contribution in [0.5, 0.6) is 0 Å². The monoisotopic (exact) mass is 447 g/mol. The molecule has 1 aliphatic heterocycles. The van der Waals surface area contributed by atoms with Crippen molar-refractivity contribution in [2.75, 3.05) is 31.1 Å². The van der Waals surface area contributed by atoms with Gasteiger partial charge in [0, 0.05) is 37.1 Å². The molecule has 34 heavy (non-hydrogen) atoms. The van der Waals surface area contributed by atoms with Gasteiger partial charge < -0.3 is 9.80 Å². The van der Waals surface area contributed by atoms with Gasteiger partial charge in [-0.1, -0.05) is 78.9 Å². The highest BCUT2D eigenvalue weighted by Gasteiger charge is 2.25. The summed E-state index contributed by atoms with van der Waals surface area (Å²) in [5.41, 5.74) is 6.19. The van der Waals surface area contributed by atoms with E-state index in [1.54, 1.807) is 0 Å². The molecule has 1 aromatic heterocycles. The largest absolute Gasteiger partial charge is 0.353 e. The van der Waals surface area contributed by atoms with Gasteiger partial charge >= 0.3 is 0 Å². The molecule has 1 aliphatic rings. The lowest BCUT2D eigenvalue weighted by Gasteiger charge is -2.36. The van der Waals surface area contributed by atoms with E-state index in [1.165, 1.54) is 16.5 Å². The summed E-state index contributed by atoms with van der Waals surface area (Å²) in [5.74, 6) is 1.07. The quantitative estimate of drug-likeness (QED) is 0.296. The third-order valence-electron chi connectivity index (χ3n) is 6.55. The summed E-state index contributed by atoms with van der Waals surface area (Å²) in [6.07, 6.45) is 2.00. The zero-order valence-corrected chi connectivity index (χ0v) is 19.7. The first-order chi connectivity index (χ1) is 16.6. The standard InChI is InChI=1S/C30H29N3O/c1-22-10-9-15-26-23(2)20-28(31-29(22)26)32-16-18-33(19-17-32)30(34)27(25-13-7-4-8-14-25)21-24-11-5-3-6-12-24/h3-15,20-21H,16-19H2,1-2H3/b27-21-. The molecule has 0 unspecified atom stereocenters. The van der Waals surface area contributed by atoms with Crippen molar-refractivity contribution < 1.29 is 4.79 Å². The fourth-order valence-corrected chi connectivity index (χ4v) is 4.62. The zero-order valence-electron chi connectivity index (χ0n) is 19.7. The van der Waals surface area contributed by atoms with Gasteiger partial charge in [-0.05, 0) is 48.2 Å². The number of carbonyl (C=O) groups is 1. The molecule has 0 aliphatic carbocycles. The SMILES string of the molecule is Cc1cc(N2CCN(C(=O)/C(=C\c3ccccc3)c3ccccc3)CC2)nc2c(C)cccc12. The van der Waals surface area contributed by atoms with Crippen LogP contribution in [0.15, 0.2) is 84.9 Å². The van der Waals surface area contributed by atoms with Crippen molar-refractivity contribution in [2.45, 2.75) is 13.8 Å². The molecule has 3 aromatic carbocycles. The first-order valence-corrected chi connectivity index (χ1v) is 11.8. The van der Waals surface area contributed by atoms with Crippen LogP contribution in [0.4, 0.5) is 5.82 Å². The Balaban J connectivity index is 1.37. The summed E-state index contributed by atoms with van der Waals surface area (Å²) in [6, 6.07) is 28.5. The van der Waals surface area contributed by atoms with Gasteiger partial charge in [0.2, 0.25) is 0 Å². The van der Waals surface area contributed by atoms with Gasteiger partial charge in [0.25, 0.3) is 5.91 Å². The van der Waals surface area contributed by atoms with E-state index in [9.17, 15) is 4.79 Å². The Hall–Kier alpha value is -3.92. The maximum Gasteiger partial charge on any atom is 0.254 e. The smallest absolute Gasteiger partial charge is 0.254 e. The summed E-state index contributed by atoms with van der Waals surface area (Å²) in [4.78, 5) is 22.9. The van der Waals surface area contributed by atoms with E-state index in [2.05, 4.69) is 43.0 Å². The molecule has 0 saturated carbocycles. The molecule has 2 heterocycles. The van der Waals surface area contributed by atoms with Crippen molar-refractivity contribution in [3.05, 3.63) is 107 Å². The summed E-state index contributed by atoms with van der Waals surface area (Å²) < 4.78 is 0. The van der Waals surface area contributed by atoms with Gasteiger partial charge in [-0.2, -0.15) is 0 Å². The number of piperazine rings is 1. The average Bonchev–Trinajstić information content (AvgIpc) is 2.89. The Labute approximate surface area is 201 Å². The van der Waals surface area contributed by atoms with Gasteiger partial charge in [-0.25, -0.2) is 4.98 Å². The van der Waals surface area contributed by atoms with Crippen LogP contribution < -0.4 is 4.90 Å². The van der Waals surface area contributed by atoms with Crippen molar-refractivity contribution in [3.63, 3.8) is 0 Å². The molecule has 0 atom stereocenters. The number of fused-ring (bicyclic) bond motifs is 1. The second kappa shape index (κ2) is 9.52. The minimum Gasteiger partial charge on any atom is -0.353 e. The highest BCUT2D eigenvalue weighted by molar-refractivity contribution is 6.24. The summed E-state index contributed by atoms with van der Waals surface area (Å²) in [6.45, 7) is 7.13. The van der Waals surface area contributed by atoms with Gasteiger partial charge in [-0.15, -0.1) is 0 Å². The van der Waals surface area contributed by atoms with Crippen LogP contribution in [-0.2, 0) is 4.79 Å². The number of rotatable bonds is 4. The molecule has 0 bridgehead atoms. The number of amides is 1. The van der Waals surface area contributed by atoms with E-state index in [1.807, 2.05) is 71.6 Å². The lowest BCUT2D eigenvalue weighted by Crippen LogP contribution is -2.49. The Morgan fingerprint density at radius 3 is 2.18 bits per heavy atom. The predicted octanol–water partition coefficient (Wildman–Crippen LogP) is 5.74. The van der Waals surface area contributed by atoms with Crippen LogP contribution in [0.25, 0.3) is 22.6 Å². The topological polar surface area (TPSA) is 36.4 Å². The van der Waals surface area contributed by atoms with Crippen LogP contribution in [0.1, 0.15) is 22.3 Å². The van der Waals surface area contributed by atoms with Crippen molar-refractivity contribution >= 4 is 34.3 Å². The molecular formula is C30H29N3O. The second-order valence-electron chi connectivity index (χ2n) is 8.88. The molecule has 170 valence electrons. The minimum absolute atomic E-state index is 0.0770. The molecule has 0 spiro atoms. The van der Waals surface area contributed by atoms with Crippen molar-refractivity contribution in [1.82, 2.24) is 9.88 Å². The van der Waals surface area contributed by atoms with Crippen LogP contribution in [0, 0.1) is 13.8 Å². The van der Waals surface area contributed by atoms with Crippen molar-refractivity contribution in [1.29, 1.82) is 0 Å². The molecule has 1 amide bonds. The third kappa shape index (κ3) is 4.44. The number of para-hydroxylation sites is 1. The fraction of sp³-hybridized carbons (Fsp3) is 0.200. The average molecular weight is 448 g/mol.